The Balaban J connectivity index is 2.54. The summed E-state index contributed by atoms with van der Waals surface area (Å²) in [4.78, 5) is 11.3. The van der Waals surface area contributed by atoms with Crippen molar-refractivity contribution in [3.8, 4) is 0 Å². The minimum Gasteiger partial charge on any atom is -0.464 e. The van der Waals surface area contributed by atoms with Crippen LogP contribution in [-0.2, 0) is 19.0 Å². The van der Waals surface area contributed by atoms with Crippen molar-refractivity contribution in [3.63, 3.8) is 0 Å². The molecule has 0 saturated carbocycles. The Kier molecular flexibility index (Phi) is 5.01. The summed E-state index contributed by atoms with van der Waals surface area (Å²) in [5.41, 5.74) is 0. The summed E-state index contributed by atoms with van der Waals surface area (Å²) in [6, 6.07) is 0. The molecule has 1 aliphatic heterocycles. The minimum atomic E-state index is -1.16. The van der Waals surface area contributed by atoms with E-state index in [1.54, 1.807) is 6.92 Å². The molecule has 3 atom stereocenters. The van der Waals surface area contributed by atoms with Crippen LogP contribution in [0.1, 0.15) is 19.8 Å². The van der Waals surface area contributed by atoms with Crippen LogP contribution in [0.4, 0.5) is 0 Å². The summed E-state index contributed by atoms with van der Waals surface area (Å²) in [5.74, 6) is -0.933. The summed E-state index contributed by atoms with van der Waals surface area (Å²) in [6.07, 6.45) is -0.146. The molecule has 88 valence electrons. The molecule has 0 amide bonds. The molecule has 1 heterocycles. The molecule has 0 radical (unpaired) electrons. The maximum atomic E-state index is 11.3. The third kappa shape index (κ3) is 3.15. The number of hydrogen-bond donors (Lipinski definition) is 1. The fourth-order valence-electron chi connectivity index (χ4n) is 1.73. The zero-order chi connectivity index (χ0) is 11.3. The highest BCUT2D eigenvalue weighted by Gasteiger charge is 2.36. The van der Waals surface area contributed by atoms with E-state index in [4.69, 9.17) is 14.2 Å². The minimum absolute atomic E-state index is 0.265. The maximum Gasteiger partial charge on any atom is 0.335 e. The fourth-order valence-corrected chi connectivity index (χ4v) is 1.73. The van der Waals surface area contributed by atoms with Gasteiger partial charge in [-0.3, -0.25) is 0 Å². The first-order valence-electron chi connectivity index (χ1n) is 5.19. The van der Waals surface area contributed by atoms with Gasteiger partial charge >= 0.3 is 5.97 Å². The Morgan fingerprint density at radius 3 is 3.00 bits per heavy atom. The number of aliphatic hydroxyl groups is 1. The lowest BCUT2D eigenvalue weighted by molar-refractivity contribution is -0.206. The van der Waals surface area contributed by atoms with Crippen LogP contribution >= 0.6 is 0 Å². The van der Waals surface area contributed by atoms with E-state index < -0.39 is 18.4 Å². The van der Waals surface area contributed by atoms with Crippen molar-refractivity contribution in [2.24, 2.45) is 5.92 Å². The Bertz CT molecular complexity index is 206. The van der Waals surface area contributed by atoms with Crippen LogP contribution in [-0.4, -0.2) is 43.8 Å². The third-order valence-electron chi connectivity index (χ3n) is 2.48. The number of ether oxygens (including phenoxy) is 3. The SMILES string of the molecule is CCOC(=O)C(O)C1CCCOC1OC. The van der Waals surface area contributed by atoms with Crippen molar-refractivity contribution in [2.45, 2.75) is 32.2 Å². The van der Waals surface area contributed by atoms with E-state index in [2.05, 4.69) is 0 Å². The lowest BCUT2D eigenvalue weighted by atomic mass is 9.94. The first kappa shape index (κ1) is 12.4. The van der Waals surface area contributed by atoms with E-state index in [1.807, 2.05) is 0 Å². The molecule has 15 heavy (non-hydrogen) atoms. The van der Waals surface area contributed by atoms with Gasteiger partial charge < -0.3 is 19.3 Å². The molecule has 1 N–H and O–H groups in total. The molecule has 5 nitrogen and oxygen atoms in total. The van der Waals surface area contributed by atoms with Gasteiger partial charge in [0.05, 0.1) is 6.61 Å². The predicted molar refractivity (Wildman–Crippen MR) is 52.1 cm³/mol. The standard InChI is InChI=1S/C10H18O5/c1-3-14-9(12)8(11)7-5-4-6-15-10(7)13-2/h7-8,10-11H,3-6H2,1-2H3. The topological polar surface area (TPSA) is 65.0 Å². The van der Waals surface area contributed by atoms with E-state index in [0.29, 0.717) is 13.0 Å². The van der Waals surface area contributed by atoms with Crippen LogP contribution in [0.5, 0.6) is 0 Å². The van der Waals surface area contributed by atoms with Crippen LogP contribution in [0, 0.1) is 5.92 Å². The first-order valence-corrected chi connectivity index (χ1v) is 5.19. The molecule has 0 aromatic heterocycles. The van der Waals surface area contributed by atoms with E-state index >= 15 is 0 Å². The van der Waals surface area contributed by atoms with Gasteiger partial charge in [0.25, 0.3) is 0 Å². The smallest absolute Gasteiger partial charge is 0.335 e. The van der Waals surface area contributed by atoms with Crippen LogP contribution in [0.15, 0.2) is 0 Å². The highest BCUT2D eigenvalue weighted by molar-refractivity contribution is 5.74. The average Bonchev–Trinajstić information content (AvgIpc) is 2.28. The lowest BCUT2D eigenvalue weighted by Gasteiger charge is -2.32. The molecule has 1 aliphatic rings. The molecule has 0 aliphatic carbocycles. The summed E-state index contributed by atoms with van der Waals surface area (Å²) in [6.45, 7) is 2.57. The van der Waals surface area contributed by atoms with Gasteiger partial charge in [0.15, 0.2) is 12.4 Å². The molecule has 0 aromatic carbocycles. The Hall–Kier alpha value is -0.650. The quantitative estimate of drug-likeness (QED) is 0.688. The molecule has 0 spiro atoms. The van der Waals surface area contributed by atoms with Gasteiger partial charge in [-0.05, 0) is 19.8 Å². The zero-order valence-corrected chi connectivity index (χ0v) is 9.14. The third-order valence-corrected chi connectivity index (χ3v) is 2.48. The van der Waals surface area contributed by atoms with E-state index in [1.165, 1.54) is 7.11 Å². The van der Waals surface area contributed by atoms with Gasteiger partial charge in [-0.1, -0.05) is 0 Å². The second kappa shape index (κ2) is 6.05. The average molecular weight is 218 g/mol. The predicted octanol–water partition coefficient (Wildman–Crippen LogP) is 0.309. The Labute approximate surface area is 89.3 Å². The highest BCUT2D eigenvalue weighted by Crippen LogP contribution is 2.25. The Morgan fingerprint density at radius 2 is 2.40 bits per heavy atom. The van der Waals surface area contributed by atoms with Gasteiger partial charge in [-0.25, -0.2) is 4.79 Å². The maximum absolute atomic E-state index is 11.3. The van der Waals surface area contributed by atoms with E-state index in [9.17, 15) is 9.90 Å². The van der Waals surface area contributed by atoms with Gasteiger partial charge in [0, 0.05) is 19.6 Å². The fraction of sp³-hybridized carbons (Fsp3) is 0.900. The molecule has 0 aromatic rings. The van der Waals surface area contributed by atoms with Gasteiger partial charge in [0.2, 0.25) is 0 Å². The number of carbonyl (C=O) groups is 1. The monoisotopic (exact) mass is 218 g/mol. The summed E-state index contributed by atoms with van der Waals surface area (Å²) < 4.78 is 15.1. The normalized spacial score (nSPS) is 28.5. The largest absolute Gasteiger partial charge is 0.464 e. The Morgan fingerprint density at radius 1 is 1.67 bits per heavy atom. The van der Waals surface area contributed by atoms with Crippen molar-refractivity contribution in [3.05, 3.63) is 0 Å². The van der Waals surface area contributed by atoms with Crippen LogP contribution in [0.2, 0.25) is 0 Å². The molecule has 1 rings (SSSR count). The molecule has 1 fully saturated rings. The number of esters is 1. The second-order valence-electron chi connectivity index (χ2n) is 3.48. The molecule has 0 bridgehead atoms. The van der Waals surface area contributed by atoms with Crippen LogP contribution in [0.3, 0.4) is 0 Å². The van der Waals surface area contributed by atoms with Crippen LogP contribution < -0.4 is 0 Å². The second-order valence-corrected chi connectivity index (χ2v) is 3.48. The lowest BCUT2D eigenvalue weighted by Crippen LogP contribution is -2.43. The summed E-state index contributed by atoms with van der Waals surface area (Å²) in [7, 11) is 1.50. The molecular formula is C10H18O5. The number of rotatable bonds is 4. The van der Waals surface area contributed by atoms with Crippen molar-refractivity contribution in [1.82, 2.24) is 0 Å². The highest BCUT2D eigenvalue weighted by atomic mass is 16.7. The summed E-state index contributed by atoms with van der Waals surface area (Å²) >= 11 is 0. The van der Waals surface area contributed by atoms with Crippen molar-refractivity contribution >= 4 is 5.97 Å². The molecule has 1 saturated heterocycles. The number of aliphatic hydroxyl groups excluding tert-OH is 1. The van der Waals surface area contributed by atoms with Crippen molar-refractivity contribution < 1.29 is 24.1 Å². The molecule has 3 unspecified atom stereocenters. The van der Waals surface area contributed by atoms with E-state index in [-0.39, 0.29) is 12.5 Å². The zero-order valence-electron chi connectivity index (χ0n) is 9.14. The van der Waals surface area contributed by atoms with Crippen molar-refractivity contribution in [1.29, 1.82) is 0 Å². The molecular weight excluding hydrogens is 200 g/mol. The van der Waals surface area contributed by atoms with E-state index in [0.717, 1.165) is 6.42 Å². The number of hydrogen-bond acceptors (Lipinski definition) is 5. The molecule has 5 heteroatoms. The number of methoxy groups -OCH3 is 1. The van der Waals surface area contributed by atoms with Crippen molar-refractivity contribution in [2.75, 3.05) is 20.3 Å². The number of carbonyl (C=O) groups excluding carboxylic acids is 1. The van der Waals surface area contributed by atoms with Gasteiger partial charge in [-0.2, -0.15) is 0 Å². The van der Waals surface area contributed by atoms with Gasteiger partial charge in [0.1, 0.15) is 0 Å². The van der Waals surface area contributed by atoms with Crippen LogP contribution in [0.25, 0.3) is 0 Å². The van der Waals surface area contributed by atoms with Gasteiger partial charge in [-0.15, -0.1) is 0 Å². The first-order chi connectivity index (χ1) is 7.20. The summed E-state index contributed by atoms with van der Waals surface area (Å²) in [5, 5.41) is 9.74.